The van der Waals surface area contributed by atoms with E-state index >= 15 is 0 Å². The van der Waals surface area contributed by atoms with E-state index in [2.05, 4.69) is 59.7 Å². The molecule has 1 saturated heterocycles. The molecule has 7 rings (SSSR count). The van der Waals surface area contributed by atoms with Crippen LogP contribution in [0.25, 0.3) is 32.3 Å². The molecule has 1 N–H and O–H groups in total. The lowest BCUT2D eigenvalue weighted by Gasteiger charge is -2.20. The van der Waals surface area contributed by atoms with Gasteiger partial charge in [0.05, 0.1) is 24.4 Å². The summed E-state index contributed by atoms with van der Waals surface area (Å²) < 4.78 is 11.4. The van der Waals surface area contributed by atoms with Crippen LogP contribution >= 0.6 is 0 Å². The third kappa shape index (κ3) is 3.84. The molecule has 2 atom stereocenters. The largest absolute Gasteiger partial charge is 0.493 e. The Bertz CT molecular complexity index is 1800. The average molecular weight is 518 g/mol. The van der Waals surface area contributed by atoms with Crippen LogP contribution in [0.2, 0.25) is 0 Å². The number of methoxy groups -OCH3 is 1. The summed E-state index contributed by atoms with van der Waals surface area (Å²) in [5, 5.41) is 9.80. The second kappa shape index (κ2) is 8.98. The van der Waals surface area contributed by atoms with Gasteiger partial charge < -0.3 is 19.7 Å². The van der Waals surface area contributed by atoms with Gasteiger partial charge in [0, 0.05) is 29.9 Å². The molecular formula is C32H27N3O4. The molecule has 0 saturated carbocycles. The van der Waals surface area contributed by atoms with Gasteiger partial charge in [-0.1, -0.05) is 55.5 Å². The Hall–Kier alpha value is -4.65. The van der Waals surface area contributed by atoms with Crippen LogP contribution in [0.1, 0.15) is 23.7 Å². The van der Waals surface area contributed by atoms with E-state index in [0.29, 0.717) is 35.2 Å². The molecule has 194 valence electrons. The van der Waals surface area contributed by atoms with E-state index < -0.39 is 0 Å². The van der Waals surface area contributed by atoms with E-state index in [4.69, 9.17) is 9.47 Å². The Kier molecular flexibility index (Phi) is 5.40. The first-order valence-corrected chi connectivity index (χ1v) is 13.2. The maximum Gasteiger partial charge on any atom is 0.262 e. The van der Waals surface area contributed by atoms with E-state index in [-0.39, 0.29) is 24.5 Å². The van der Waals surface area contributed by atoms with Gasteiger partial charge in [-0.2, -0.15) is 0 Å². The van der Waals surface area contributed by atoms with E-state index in [1.807, 2.05) is 23.2 Å². The van der Waals surface area contributed by atoms with Crippen LogP contribution in [-0.4, -0.2) is 49.2 Å². The predicted molar refractivity (Wildman–Crippen MR) is 154 cm³/mol. The van der Waals surface area contributed by atoms with Crippen LogP contribution in [0, 0.1) is 5.92 Å². The van der Waals surface area contributed by atoms with Crippen molar-refractivity contribution in [2.45, 2.75) is 19.4 Å². The maximum atomic E-state index is 13.2. The smallest absolute Gasteiger partial charge is 0.262 e. The summed E-state index contributed by atoms with van der Waals surface area (Å²) in [5.41, 5.74) is 1.73. The van der Waals surface area contributed by atoms with Gasteiger partial charge in [0.25, 0.3) is 11.8 Å². The zero-order valence-corrected chi connectivity index (χ0v) is 21.7. The number of fused-ring (bicyclic) bond motifs is 2. The highest BCUT2D eigenvalue weighted by molar-refractivity contribution is 6.25. The molecule has 2 aliphatic rings. The molecule has 0 aromatic heterocycles. The molecule has 2 aliphatic heterocycles. The van der Waals surface area contributed by atoms with Gasteiger partial charge in [-0.25, -0.2) is 0 Å². The fourth-order valence-corrected chi connectivity index (χ4v) is 6.05. The number of hydrogen-bond acceptors (Lipinski definition) is 5. The quantitative estimate of drug-likeness (QED) is 0.283. The third-order valence-corrected chi connectivity index (χ3v) is 7.87. The lowest BCUT2D eigenvalue weighted by Crippen LogP contribution is -2.35. The van der Waals surface area contributed by atoms with Gasteiger partial charge >= 0.3 is 0 Å². The maximum absolute atomic E-state index is 13.2. The summed E-state index contributed by atoms with van der Waals surface area (Å²) in [6, 6.07) is 21.9. The highest BCUT2D eigenvalue weighted by Gasteiger charge is 2.35. The lowest BCUT2D eigenvalue weighted by atomic mass is 9.93. The number of rotatable bonds is 5. The molecular weight excluding hydrogens is 490 g/mol. The summed E-state index contributed by atoms with van der Waals surface area (Å²) >= 11 is 0. The fraction of sp³-hybridized carbons (Fsp3) is 0.219. The van der Waals surface area contributed by atoms with Gasteiger partial charge in [-0.05, 0) is 51.4 Å². The van der Waals surface area contributed by atoms with Crippen molar-refractivity contribution in [2.75, 3.05) is 25.6 Å². The van der Waals surface area contributed by atoms with Gasteiger partial charge in [0.2, 0.25) is 0 Å². The molecule has 0 radical (unpaired) electrons. The highest BCUT2D eigenvalue weighted by atomic mass is 16.5. The minimum absolute atomic E-state index is 0.00807. The van der Waals surface area contributed by atoms with E-state index in [0.717, 1.165) is 28.3 Å². The molecule has 2 amide bonds. The van der Waals surface area contributed by atoms with Crippen LogP contribution in [0.15, 0.2) is 71.7 Å². The lowest BCUT2D eigenvalue weighted by molar-refractivity contribution is -0.118. The molecule has 0 spiro atoms. The molecule has 7 nitrogen and oxygen atoms in total. The van der Waals surface area contributed by atoms with Crippen molar-refractivity contribution in [1.82, 2.24) is 4.90 Å². The molecule has 5 aromatic rings. The van der Waals surface area contributed by atoms with Crippen LogP contribution in [0.4, 0.5) is 11.4 Å². The number of carbonyl (C=O) groups excluding carboxylic acids is 2. The molecule has 5 aromatic carbocycles. The van der Waals surface area contributed by atoms with E-state index in [1.165, 1.54) is 23.3 Å². The Morgan fingerprint density at radius 1 is 1.00 bits per heavy atom. The Balaban J connectivity index is 1.15. The van der Waals surface area contributed by atoms with Crippen molar-refractivity contribution < 1.29 is 19.1 Å². The number of anilines is 1. The zero-order chi connectivity index (χ0) is 26.7. The zero-order valence-electron chi connectivity index (χ0n) is 21.7. The van der Waals surface area contributed by atoms with Gasteiger partial charge in [-0.15, -0.1) is 0 Å². The van der Waals surface area contributed by atoms with Gasteiger partial charge in [0.1, 0.15) is 0 Å². The number of aliphatic imine (C=N–C) groups is 1. The normalized spacial score (nSPS) is 18.4. The predicted octanol–water partition coefficient (Wildman–Crippen LogP) is 6.18. The second-order valence-corrected chi connectivity index (χ2v) is 10.5. The summed E-state index contributed by atoms with van der Waals surface area (Å²) in [4.78, 5) is 32.7. The van der Waals surface area contributed by atoms with Gasteiger partial charge in [0.15, 0.2) is 18.1 Å². The van der Waals surface area contributed by atoms with Crippen molar-refractivity contribution in [3.05, 3.63) is 72.3 Å². The van der Waals surface area contributed by atoms with Crippen molar-refractivity contribution in [1.29, 1.82) is 0 Å². The number of amides is 2. The Morgan fingerprint density at radius 2 is 1.74 bits per heavy atom. The summed E-state index contributed by atoms with van der Waals surface area (Å²) in [7, 11) is 1.52. The van der Waals surface area contributed by atoms with Crippen LogP contribution in [0.3, 0.4) is 0 Å². The van der Waals surface area contributed by atoms with Crippen molar-refractivity contribution in [3.63, 3.8) is 0 Å². The minimum atomic E-state index is -0.295. The second-order valence-electron chi connectivity index (χ2n) is 10.5. The number of benzene rings is 5. The topological polar surface area (TPSA) is 80.2 Å². The number of nitrogens with one attached hydrogen (secondary N) is 1. The first-order valence-electron chi connectivity index (χ1n) is 13.2. The van der Waals surface area contributed by atoms with E-state index in [9.17, 15) is 9.59 Å². The third-order valence-electron chi connectivity index (χ3n) is 7.87. The highest BCUT2D eigenvalue weighted by Crippen LogP contribution is 2.40. The number of hydrogen-bond donors (Lipinski definition) is 1. The Morgan fingerprint density at radius 3 is 2.54 bits per heavy atom. The first kappa shape index (κ1) is 23.5. The monoisotopic (exact) mass is 517 g/mol. The molecule has 1 unspecified atom stereocenters. The molecule has 39 heavy (non-hydrogen) atoms. The molecule has 0 aliphatic carbocycles. The SMILES string of the molecule is COc1cc2c(cc1OCC(=O)Nc1ccc3ccc4cccc5ccc1c3c45)N=C[C@@H]1CC(C)CN1C2=O. The molecule has 2 heterocycles. The van der Waals surface area contributed by atoms with Crippen LogP contribution < -0.4 is 14.8 Å². The van der Waals surface area contributed by atoms with Gasteiger partial charge in [-0.3, -0.25) is 14.6 Å². The van der Waals surface area contributed by atoms with Crippen LogP contribution in [0.5, 0.6) is 11.5 Å². The van der Waals surface area contributed by atoms with E-state index in [1.54, 1.807) is 12.1 Å². The minimum Gasteiger partial charge on any atom is -0.493 e. The standard InChI is InChI=1S/C32H27N3O4/c1-18-12-22-15-33-26-14-28(27(38-2)13-24(26)32(37)35(22)16-18)39-17-29(36)34-25-11-9-21-7-6-19-4-3-5-20-8-10-23(25)31(21)30(19)20/h3-11,13-15,18,22H,12,16-17H2,1-2H3,(H,34,36)/t18?,22-/m0/s1. The fourth-order valence-electron chi connectivity index (χ4n) is 6.05. The van der Waals surface area contributed by atoms with Crippen molar-refractivity contribution >= 4 is 61.7 Å². The summed E-state index contributed by atoms with van der Waals surface area (Å²) in [6.07, 6.45) is 2.73. The Labute approximate surface area is 225 Å². The molecule has 0 bridgehead atoms. The van der Waals surface area contributed by atoms with Crippen molar-refractivity contribution in [3.8, 4) is 11.5 Å². The average Bonchev–Trinajstić information content (AvgIpc) is 3.28. The van der Waals surface area contributed by atoms with Crippen LogP contribution in [-0.2, 0) is 4.79 Å². The molecule has 7 heteroatoms. The summed E-state index contributed by atoms with van der Waals surface area (Å²) in [5.74, 6) is 0.828. The number of nitrogens with zero attached hydrogens (tertiary/aromatic N) is 2. The number of ether oxygens (including phenoxy) is 2. The summed E-state index contributed by atoms with van der Waals surface area (Å²) in [6.45, 7) is 2.63. The molecule has 1 fully saturated rings. The first-order chi connectivity index (χ1) is 19.0. The number of carbonyl (C=O) groups is 2. The van der Waals surface area contributed by atoms with Crippen molar-refractivity contribution in [2.24, 2.45) is 10.9 Å².